The zero-order chi connectivity index (χ0) is 15.4. The van der Waals surface area contributed by atoms with Crippen LogP contribution in [-0.2, 0) is 12.8 Å². The second kappa shape index (κ2) is 6.79. The highest BCUT2D eigenvalue weighted by atomic mass is 14.1. The largest absolute Gasteiger partial charge is 0.0836 e. The molecule has 2 aliphatic carbocycles. The molecule has 0 amide bonds. The standard InChI is InChI=1S/2C11H12/c2*1-9-6-7-10-4-2-3-5-11(10)8-9/h2*2,4,6-8H,3,5H2,1H3. The van der Waals surface area contributed by atoms with Crippen molar-refractivity contribution in [3.05, 3.63) is 81.9 Å². The molecule has 0 atom stereocenters. The number of fused-ring (bicyclic) bond motifs is 2. The van der Waals surface area contributed by atoms with E-state index in [-0.39, 0.29) is 0 Å². The number of benzene rings is 2. The molecule has 0 heteroatoms. The van der Waals surface area contributed by atoms with Crippen molar-refractivity contribution in [2.45, 2.75) is 39.5 Å². The van der Waals surface area contributed by atoms with E-state index in [9.17, 15) is 0 Å². The van der Waals surface area contributed by atoms with Gasteiger partial charge in [0.05, 0.1) is 0 Å². The maximum Gasteiger partial charge on any atom is -0.0227 e. The van der Waals surface area contributed by atoms with Gasteiger partial charge in [0.1, 0.15) is 0 Å². The zero-order valence-electron chi connectivity index (χ0n) is 13.6. The summed E-state index contributed by atoms with van der Waals surface area (Å²) in [5.74, 6) is 0. The van der Waals surface area contributed by atoms with Gasteiger partial charge in [0.15, 0.2) is 0 Å². The van der Waals surface area contributed by atoms with E-state index < -0.39 is 0 Å². The van der Waals surface area contributed by atoms with Gasteiger partial charge in [-0.1, -0.05) is 71.8 Å². The Hall–Kier alpha value is -2.08. The van der Waals surface area contributed by atoms with E-state index in [2.05, 4.69) is 74.5 Å². The third-order valence-electron chi connectivity index (χ3n) is 4.35. The van der Waals surface area contributed by atoms with Crippen molar-refractivity contribution in [3.63, 3.8) is 0 Å². The first-order valence-corrected chi connectivity index (χ1v) is 8.24. The van der Waals surface area contributed by atoms with Crippen molar-refractivity contribution in [3.8, 4) is 0 Å². The second-order valence-corrected chi connectivity index (χ2v) is 6.29. The SMILES string of the molecule is Cc1ccc2c(c1)CCC=C2.Cc1ccc2c(c1)CCC=C2. The van der Waals surface area contributed by atoms with Crippen molar-refractivity contribution in [2.75, 3.05) is 0 Å². The minimum Gasteiger partial charge on any atom is -0.0836 e. The van der Waals surface area contributed by atoms with Gasteiger partial charge in [-0.2, -0.15) is 0 Å². The molecule has 0 saturated heterocycles. The highest BCUT2D eigenvalue weighted by Gasteiger charge is 2.03. The molecule has 0 aromatic heterocycles. The number of rotatable bonds is 0. The summed E-state index contributed by atoms with van der Waals surface area (Å²) < 4.78 is 0. The molecular weight excluding hydrogens is 264 g/mol. The summed E-state index contributed by atoms with van der Waals surface area (Å²) in [7, 11) is 0. The van der Waals surface area contributed by atoms with E-state index in [4.69, 9.17) is 0 Å². The lowest BCUT2D eigenvalue weighted by Crippen LogP contribution is -1.93. The third kappa shape index (κ3) is 3.57. The molecule has 2 aromatic carbocycles. The minimum atomic E-state index is 1.20. The van der Waals surface area contributed by atoms with Gasteiger partial charge in [0.2, 0.25) is 0 Å². The quantitative estimate of drug-likeness (QED) is 0.565. The predicted molar refractivity (Wildman–Crippen MR) is 97.1 cm³/mol. The highest BCUT2D eigenvalue weighted by molar-refractivity contribution is 5.57. The van der Waals surface area contributed by atoms with Gasteiger partial charge in [-0.3, -0.25) is 0 Å². The van der Waals surface area contributed by atoms with Crippen LogP contribution in [-0.4, -0.2) is 0 Å². The highest BCUT2D eigenvalue weighted by Crippen LogP contribution is 2.20. The summed E-state index contributed by atoms with van der Waals surface area (Å²) in [6, 6.07) is 13.3. The Morgan fingerprint density at radius 1 is 0.636 bits per heavy atom. The van der Waals surface area contributed by atoms with Gasteiger partial charge < -0.3 is 0 Å². The fourth-order valence-electron chi connectivity index (χ4n) is 3.13. The Morgan fingerprint density at radius 3 is 1.55 bits per heavy atom. The van der Waals surface area contributed by atoms with E-state index >= 15 is 0 Å². The van der Waals surface area contributed by atoms with Crippen molar-refractivity contribution in [1.29, 1.82) is 0 Å². The van der Waals surface area contributed by atoms with Crippen molar-refractivity contribution in [1.82, 2.24) is 0 Å². The molecule has 0 spiro atoms. The molecule has 0 radical (unpaired) electrons. The Labute approximate surface area is 134 Å². The van der Waals surface area contributed by atoms with Crippen LogP contribution in [0.1, 0.15) is 46.2 Å². The van der Waals surface area contributed by atoms with Gasteiger partial charge >= 0.3 is 0 Å². The van der Waals surface area contributed by atoms with Crippen LogP contribution in [0.25, 0.3) is 12.2 Å². The molecule has 2 aromatic rings. The van der Waals surface area contributed by atoms with Gasteiger partial charge in [-0.05, 0) is 61.8 Å². The third-order valence-corrected chi connectivity index (χ3v) is 4.35. The molecule has 2 aliphatic rings. The van der Waals surface area contributed by atoms with Crippen LogP contribution >= 0.6 is 0 Å². The first-order chi connectivity index (χ1) is 10.7. The molecule has 4 rings (SSSR count). The molecule has 0 aliphatic heterocycles. The second-order valence-electron chi connectivity index (χ2n) is 6.29. The Balaban J connectivity index is 0.000000131. The normalized spacial score (nSPS) is 14.6. The van der Waals surface area contributed by atoms with Crippen LogP contribution < -0.4 is 0 Å². The van der Waals surface area contributed by atoms with Gasteiger partial charge in [0, 0.05) is 0 Å². The van der Waals surface area contributed by atoms with Crippen LogP contribution in [0.5, 0.6) is 0 Å². The average molecular weight is 288 g/mol. The van der Waals surface area contributed by atoms with E-state index in [0.29, 0.717) is 0 Å². The summed E-state index contributed by atoms with van der Waals surface area (Å²) in [5.41, 5.74) is 8.57. The number of hydrogen-bond acceptors (Lipinski definition) is 0. The summed E-state index contributed by atoms with van der Waals surface area (Å²) in [6.07, 6.45) is 13.8. The first kappa shape index (κ1) is 14.8. The van der Waals surface area contributed by atoms with Crippen LogP contribution in [0.2, 0.25) is 0 Å². The number of aryl methyl sites for hydroxylation is 4. The van der Waals surface area contributed by atoms with Crippen molar-refractivity contribution >= 4 is 12.2 Å². The molecule has 0 saturated carbocycles. The van der Waals surface area contributed by atoms with Crippen LogP contribution in [0.4, 0.5) is 0 Å². The smallest absolute Gasteiger partial charge is 0.0227 e. The van der Waals surface area contributed by atoms with Gasteiger partial charge in [-0.15, -0.1) is 0 Å². The Kier molecular flexibility index (Phi) is 4.58. The molecule has 22 heavy (non-hydrogen) atoms. The van der Waals surface area contributed by atoms with Crippen molar-refractivity contribution in [2.24, 2.45) is 0 Å². The molecule has 0 N–H and O–H groups in total. The fourth-order valence-corrected chi connectivity index (χ4v) is 3.13. The first-order valence-electron chi connectivity index (χ1n) is 8.24. The van der Waals surface area contributed by atoms with Gasteiger partial charge in [-0.25, -0.2) is 0 Å². The van der Waals surface area contributed by atoms with E-state index in [1.54, 1.807) is 0 Å². The van der Waals surface area contributed by atoms with Crippen LogP contribution in [0, 0.1) is 13.8 Å². The van der Waals surface area contributed by atoms with Gasteiger partial charge in [0.25, 0.3) is 0 Å². The fraction of sp³-hybridized carbons (Fsp3) is 0.273. The lowest BCUT2D eigenvalue weighted by Gasteiger charge is -2.09. The van der Waals surface area contributed by atoms with Crippen molar-refractivity contribution < 1.29 is 0 Å². The minimum absolute atomic E-state index is 1.20. The maximum absolute atomic E-state index is 2.29. The summed E-state index contributed by atoms with van der Waals surface area (Å²) in [6.45, 7) is 4.30. The number of allylic oxidation sites excluding steroid dienone is 2. The molecule has 0 unspecified atom stereocenters. The van der Waals surface area contributed by atoms with E-state index in [1.807, 2.05) is 0 Å². The molecular formula is C22H24. The monoisotopic (exact) mass is 288 g/mol. The molecule has 0 bridgehead atoms. The molecule has 0 fully saturated rings. The summed E-state index contributed by atoms with van der Waals surface area (Å²) in [4.78, 5) is 0. The molecule has 112 valence electrons. The van der Waals surface area contributed by atoms with Crippen LogP contribution in [0.3, 0.4) is 0 Å². The van der Waals surface area contributed by atoms with Crippen LogP contribution in [0.15, 0.2) is 48.6 Å². The molecule has 0 heterocycles. The Morgan fingerprint density at radius 2 is 1.09 bits per heavy atom. The molecule has 0 nitrogen and oxygen atoms in total. The summed E-state index contributed by atoms with van der Waals surface area (Å²) in [5, 5.41) is 0. The zero-order valence-corrected chi connectivity index (χ0v) is 13.6. The Bertz CT molecular complexity index is 653. The topological polar surface area (TPSA) is 0 Å². The average Bonchev–Trinajstić information content (AvgIpc) is 2.55. The number of hydrogen-bond donors (Lipinski definition) is 0. The van der Waals surface area contributed by atoms with E-state index in [0.717, 1.165) is 0 Å². The van der Waals surface area contributed by atoms with E-state index in [1.165, 1.54) is 59.1 Å². The predicted octanol–water partition coefficient (Wildman–Crippen LogP) is 5.91. The summed E-state index contributed by atoms with van der Waals surface area (Å²) >= 11 is 0. The lowest BCUT2D eigenvalue weighted by atomic mass is 9.96. The lowest BCUT2D eigenvalue weighted by molar-refractivity contribution is 0.982. The maximum atomic E-state index is 2.29.